The third kappa shape index (κ3) is 4.49. The lowest BCUT2D eigenvalue weighted by atomic mass is 10.1. The van der Waals surface area contributed by atoms with Crippen LogP contribution in [0.25, 0.3) is 0 Å². The van der Waals surface area contributed by atoms with Crippen LogP contribution in [0, 0.1) is 0 Å². The number of hydrogen-bond donors (Lipinski definition) is 1. The highest BCUT2D eigenvalue weighted by atomic mass is 35.5. The zero-order valence-electron chi connectivity index (χ0n) is 15.8. The van der Waals surface area contributed by atoms with Gasteiger partial charge in [0.25, 0.3) is 5.91 Å². The first-order chi connectivity index (χ1) is 13.0. The monoisotopic (exact) mass is 395 g/mol. The van der Waals surface area contributed by atoms with Gasteiger partial charge in [0.05, 0.1) is 40.6 Å². The number of rotatable bonds is 8. The van der Waals surface area contributed by atoms with Gasteiger partial charge in [0.1, 0.15) is 0 Å². The van der Waals surface area contributed by atoms with Crippen molar-refractivity contribution >= 4 is 17.5 Å². The Labute approximate surface area is 163 Å². The number of nitrogens with one attached hydrogen (secondary N) is 1. The minimum atomic E-state index is -0.313. The first kappa shape index (κ1) is 20.5. The molecule has 8 heteroatoms. The van der Waals surface area contributed by atoms with Crippen molar-refractivity contribution in [1.82, 2.24) is 5.32 Å². The fourth-order valence-electron chi connectivity index (χ4n) is 2.57. The van der Waals surface area contributed by atoms with Crippen molar-refractivity contribution in [3.63, 3.8) is 0 Å². The lowest BCUT2D eigenvalue weighted by molar-refractivity contribution is 0.0950. The van der Waals surface area contributed by atoms with E-state index in [-0.39, 0.29) is 17.5 Å². The molecule has 1 N–H and O–H groups in total. The molecule has 0 saturated heterocycles. The molecule has 0 unspecified atom stereocenters. The number of benzene rings is 2. The van der Waals surface area contributed by atoms with E-state index in [2.05, 4.69) is 5.32 Å². The van der Waals surface area contributed by atoms with Gasteiger partial charge in [-0.1, -0.05) is 11.6 Å². The van der Waals surface area contributed by atoms with Crippen LogP contribution in [0.3, 0.4) is 0 Å². The van der Waals surface area contributed by atoms with Gasteiger partial charge in [-0.25, -0.2) is 0 Å². The summed E-state index contributed by atoms with van der Waals surface area (Å²) in [6.07, 6.45) is 0. The zero-order chi connectivity index (χ0) is 20.0. The van der Waals surface area contributed by atoms with E-state index in [0.717, 1.165) is 5.56 Å². The molecule has 27 heavy (non-hydrogen) atoms. The molecule has 0 aliphatic heterocycles. The second kappa shape index (κ2) is 9.23. The second-order valence-electron chi connectivity index (χ2n) is 5.41. The van der Waals surface area contributed by atoms with Crippen molar-refractivity contribution in [2.75, 3.05) is 35.5 Å². The molecule has 0 spiro atoms. The first-order valence-corrected chi connectivity index (χ1v) is 8.35. The van der Waals surface area contributed by atoms with E-state index in [0.29, 0.717) is 34.3 Å². The average Bonchev–Trinajstić information content (AvgIpc) is 2.70. The van der Waals surface area contributed by atoms with Crippen molar-refractivity contribution < 1.29 is 28.5 Å². The third-order valence-electron chi connectivity index (χ3n) is 3.87. The highest BCUT2D eigenvalue weighted by molar-refractivity contribution is 6.32. The van der Waals surface area contributed by atoms with Crippen LogP contribution >= 0.6 is 11.6 Å². The molecule has 0 heterocycles. The minimum Gasteiger partial charge on any atom is -0.493 e. The fraction of sp³-hybridized carbons (Fsp3) is 0.316. The summed E-state index contributed by atoms with van der Waals surface area (Å²) in [4.78, 5) is 12.5. The lowest BCUT2D eigenvalue weighted by Gasteiger charge is -2.15. The van der Waals surface area contributed by atoms with E-state index in [1.807, 2.05) is 0 Å². The van der Waals surface area contributed by atoms with E-state index < -0.39 is 0 Å². The van der Waals surface area contributed by atoms with Crippen molar-refractivity contribution in [1.29, 1.82) is 0 Å². The Kier molecular flexibility index (Phi) is 7.01. The molecule has 1 amide bonds. The number of carbonyl (C=O) groups excluding carboxylic acids is 1. The Balaban J connectivity index is 2.22. The van der Waals surface area contributed by atoms with E-state index in [4.69, 9.17) is 35.3 Å². The Bertz CT molecular complexity index is 799. The van der Waals surface area contributed by atoms with Crippen LogP contribution in [-0.2, 0) is 6.54 Å². The molecular formula is C19H22ClNO6. The molecule has 2 rings (SSSR count). The predicted octanol–water partition coefficient (Wildman–Crippen LogP) is 3.31. The quantitative estimate of drug-likeness (QED) is 0.739. The SMILES string of the molecule is COc1cc(C(=O)NCc2cc(OC)c(OC)c(OC)c2)cc(Cl)c1OC. The Morgan fingerprint density at radius 1 is 0.815 bits per heavy atom. The highest BCUT2D eigenvalue weighted by Gasteiger charge is 2.17. The topological polar surface area (TPSA) is 75.3 Å². The maximum absolute atomic E-state index is 12.5. The maximum Gasteiger partial charge on any atom is 0.251 e. The number of carbonyl (C=O) groups is 1. The van der Waals surface area contributed by atoms with Crippen LogP contribution in [0.15, 0.2) is 24.3 Å². The molecule has 7 nitrogen and oxygen atoms in total. The fourth-order valence-corrected chi connectivity index (χ4v) is 2.86. The summed E-state index contributed by atoms with van der Waals surface area (Å²) in [6, 6.07) is 6.62. The molecule has 146 valence electrons. The summed E-state index contributed by atoms with van der Waals surface area (Å²) in [5.74, 6) is 1.95. The summed E-state index contributed by atoms with van der Waals surface area (Å²) in [6.45, 7) is 0.251. The number of amides is 1. The number of methoxy groups -OCH3 is 5. The average molecular weight is 396 g/mol. The van der Waals surface area contributed by atoms with Crippen molar-refractivity contribution in [3.05, 3.63) is 40.4 Å². The molecule has 0 saturated carbocycles. The second-order valence-corrected chi connectivity index (χ2v) is 5.82. The molecule has 2 aromatic carbocycles. The normalized spacial score (nSPS) is 10.1. The summed E-state index contributed by atoms with van der Waals surface area (Å²) in [5.41, 5.74) is 1.13. The molecule has 0 bridgehead atoms. The van der Waals surface area contributed by atoms with Crippen molar-refractivity contribution in [2.24, 2.45) is 0 Å². The summed E-state index contributed by atoms with van der Waals surface area (Å²) >= 11 is 6.16. The van der Waals surface area contributed by atoms with Crippen LogP contribution in [-0.4, -0.2) is 41.5 Å². The molecule has 0 aliphatic carbocycles. The number of halogens is 1. The van der Waals surface area contributed by atoms with Crippen LogP contribution < -0.4 is 29.0 Å². The highest BCUT2D eigenvalue weighted by Crippen LogP contribution is 2.38. The lowest BCUT2D eigenvalue weighted by Crippen LogP contribution is -2.23. The van der Waals surface area contributed by atoms with Gasteiger partial charge >= 0.3 is 0 Å². The molecular weight excluding hydrogens is 374 g/mol. The minimum absolute atomic E-state index is 0.251. The van der Waals surface area contributed by atoms with Gasteiger partial charge in [-0.15, -0.1) is 0 Å². The van der Waals surface area contributed by atoms with Gasteiger partial charge < -0.3 is 29.0 Å². The molecule has 2 aromatic rings. The van der Waals surface area contributed by atoms with Crippen LogP contribution in [0.5, 0.6) is 28.7 Å². The molecule has 0 atom stereocenters. The summed E-state index contributed by atoms with van der Waals surface area (Å²) < 4.78 is 26.3. The molecule has 0 aliphatic rings. The number of ether oxygens (including phenoxy) is 5. The van der Waals surface area contributed by atoms with E-state index in [1.165, 1.54) is 41.6 Å². The predicted molar refractivity (Wildman–Crippen MR) is 102 cm³/mol. The standard InChI is InChI=1S/C19H22ClNO6/c1-23-14-6-11(7-15(24-2)18(14)27-5)10-21-19(22)12-8-13(20)17(26-4)16(9-12)25-3/h6-9H,10H2,1-5H3,(H,21,22). The van der Waals surface area contributed by atoms with Gasteiger partial charge in [0.15, 0.2) is 23.0 Å². The maximum atomic E-state index is 12.5. The summed E-state index contributed by atoms with van der Waals surface area (Å²) in [5, 5.41) is 3.11. The van der Waals surface area contributed by atoms with Crippen LogP contribution in [0.4, 0.5) is 0 Å². The smallest absolute Gasteiger partial charge is 0.251 e. The van der Waals surface area contributed by atoms with Gasteiger partial charge in [-0.2, -0.15) is 0 Å². The van der Waals surface area contributed by atoms with Crippen molar-refractivity contribution in [3.8, 4) is 28.7 Å². The summed E-state index contributed by atoms with van der Waals surface area (Å²) in [7, 11) is 7.55. The van der Waals surface area contributed by atoms with Gasteiger partial charge in [0, 0.05) is 12.1 Å². The van der Waals surface area contributed by atoms with Crippen molar-refractivity contribution in [2.45, 2.75) is 6.54 Å². The Hall–Kier alpha value is -2.80. The first-order valence-electron chi connectivity index (χ1n) is 7.97. The van der Waals surface area contributed by atoms with Crippen LogP contribution in [0.2, 0.25) is 5.02 Å². The largest absolute Gasteiger partial charge is 0.493 e. The molecule has 0 radical (unpaired) electrons. The number of hydrogen-bond acceptors (Lipinski definition) is 6. The zero-order valence-corrected chi connectivity index (χ0v) is 16.6. The van der Waals surface area contributed by atoms with E-state index in [9.17, 15) is 4.79 Å². The van der Waals surface area contributed by atoms with Gasteiger partial charge in [0.2, 0.25) is 5.75 Å². The molecule has 0 aromatic heterocycles. The van der Waals surface area contributed by atoms with E-state index >= 15 is 0 Å². The van der Waals surface area contributed by atoms with Gasteiger partial charge in [-0.3, -0.25) is 4.79 Å². The van der Waals surface area contributed by atoms with Gasteiger partial charge in [-0.05, 0) is 29.8 Å². The Morgan fingerprint density at radius 3 is 1.81 bits per heavy atom. The molecule has 0 fully saturated rings. The van der Waals surface area contributed by atoms with Crippen LogP contribution in [0.1, 0.15) is 15.9 Å². The Morgan fingerprint density at radius 2 is 1.33 bits per heavy atom. The third-order valence-corrected chi connectivity index (χ3v) is 4.15. The van der Waals surface area contributed by atoms with E-state index in [1.54, 1.807) is 18.2 Å².